The molecule has 4 nitrogen and oxygen atoms in total. The van der Waals surface area contributed by atoms with E-state index in [2.05, 4.69) is 5.10 Å². The van der Waals surface area contributed by atoms with Gasteiger partial charge < -0.3 is 5.73 Å². The van der Waals surface area contributed by atoms with Gasteiger partial charge >= 0.3 is 0 Å². The number of rotatable bonds is 4. The molecule has 6 heteroatoms. The second kappa shape index (κ2) is 5.75. The summed E-state index contributed by atoms with van der Waals surface area (Å²) in [6, 6.07) is 7.29. The summed E-state index contributed by atoms with van der Waals surface area (Å²) < 4.78 is 14.2. The molecule has 0 saturated heterocycles. The van der Waals surface area contributed by atoms with Crippen molar-refractivity contribution in [1.29, 1.82) is 0 Å². The van der Waals surface area contributed by atoms with Gasteiger partial charge in [-0.2, -0.15) is 5.10 Å². The molecular formula is C13H16ClN3OS. The average molecular weight is 298 g/mol. The molecule has 2 aromatic rings. The van der Waals surface area contributed by atoms with Crippen molar-refractivity contribution in [3.63, 3.8) is 0 Å². The number of nitrogens with zero attached hydrogens (tertiary/aromatic N) is 2. The molecule has 19 heavy (non-hydrogen) atoms. The third-order valence-corrected chi connectivity index (χ3v) is 4.59. The van der Waals surface area contributed by atoms with Crippen molar-refractivity contribution in [1.82, 2.24) is 9.78 Å². The van der Waals surface area contributed by atoms with Crippen molar-refractivity contribution in [2.24, 2.45) is 0 Å². The first-order chi connectivity index (χ1) is 8.99. The second-order valence-corrected chi connectivity index (χ2v) is 6.32. The summed E-state index contributed by atoms with van der Waals surface area (Å²) in [6.07, 6.45) is 1.88. The van der Waals surface area contributed by atoms with E-state index in [1.807, 2.05) is 30.8 Å². The molecule has 0 saturated carbocycles. The molecule has 0 aliphatic carbocycles. The van der Waals surface area contributed by atoms with Crippen LogP contribution in [0.15, 0.2) is 35.4 Å². The third kappa shape index (κ3) is 3.16. The first-order valence-electron chi connectivity index (χ1n) is 5.95. The Kier molecular flexibility index (Phi) is 4.27. The smallest absolute Gasteiger partial charge is 0.0807 e. The van der Waals surface area contributed by atoms with Gasteiger partial charge in [0, 0.05) is 17.9 Å². The number of nitrogens with two attached hydrogens (primary N) is 1. The molecule has 0 aliphatic heterocycles. The molecule has 1 heterocycles. The fourth-order valence-corrected chi connectivity index (χ4v) is 3.34. The van der Waals surface area contributed by atoms with Crippen LogP contribution in [0.1, 0.15) is 25.6 Å². The monoisotopic (exact) mass is 297 g/mol. The topological polar surface area (TPSA) is 60.9 Å². The number of benzene rings is 1. The van der Waals surface area contributed by atoms with Crippen LogP contribution in [0.2, 0.25) is 5.02 Å². The maximum atomic E-state index is 12.3. The van der Waals surface area contributed by atoms with E-state index >= 15 is 0 Å². The zero-order valence-electron chi connectivity index (χ0n) is 10.8. The van der Waals surface area contributed by atoms with Crippen LogP contribution in [0.4, 0.5) is 5.69 Å². The van der Waals surface area contributed by atoms with E-state index in [9.17, 15) is 4.21 Å². The normalized spacial score (nSPS) is 12.8. The molecule has 102 valence electrons. The molecule has 2 N–H and O–H groups in total. The van der Waals surface area contributed by atoms with E-state index in [4.69, 9.17) is 17.3 Å². The first-order valence-corrected chi connectivity index (χ1v) is 7.65. The van der Waals surface area contributed by atoms with Crippen LogP contribution >= 0.6 is 11.6 Å². The molecule has 2 rings (SSSR count). The summed E-state index contributed by atoms with van der Waals surface area (Å²) >= 11 is 6.05. The maximum absolute atomic E-state index is 12.3. The molecule has 0 fully saturated rings. The minimum Gasteiger partial charge on any atom is -0.398 e. The van der Waals surface area contributed by atoms with Gasteiger partial charge in [-0.1, -0.05) is 17.7 Å². The Morgan fingerprint density at radius 2 is 2.16 bits per heavy atom. The van der Waals surface area contributed by atoms with Crippen LogP contribution in [0, 0.1) is 0 Å². The van der Waals surface area contributed by atoms with Crippen molar-refractivity contribution in [3.05, 3.63) is 41.2 Å². The van der Waals surface area contributed by atoms with E-state index < -0.39 is 10.8 Å². The van der Waals surface area contributed by atoms with E-state index in [1.165, 1.54) is 0 Å². The Morgan fingerprint density at radius 1 is 1.42 bits per heavy atom. The molecule has 1 aromatic heterocycles. The van der Waals surface area contributed by atoms with Gasteiger partial charge in [0.05, 0.1) is 32.2 Å². The number of hydrogen-bond acceptors (Lipinski definition) is 3. The highest BCUT2D eigenvalue weighted by Gasteiger charge is 2.14. The number of anilines is 1. The lowest BCUT2D eigenvalue weighted by Crippen LogP contribution is -2.05. The summed E-state index contributed by atoms with van der Waals surface area (Å²) in [5.41, 5.74) is 7.05. The first kappa shape index (κ1) is 14.1. The predicted octanol–water partition coefficient (Wildman–Crippen LogP) is 3.01. The van der Waals surface area contributed by atoms with E-state index in [1.54, 1.807) is 18.2 Å². The molecule has 0 bridgehead atoms. The van der Waals surface area contributed by atoms with Gasteiger partial charge in [-0.15, -0.1) is 0 Å². The summed E-state index contributed by atoms with van der Waals surface area (Å²) in [4.78, 5) is 0.489. The van der Waals surface area contributed by atoms with Crippen LogP contribution < -0.4 is 5.73 Å². The molecule has 1 aromatic carbocycles. The van der Waals surface area contributed by atoms with Gasteiger partial charge in [-0.25, -0.2) is 0 Å². The number of nitrogen functional groups attached to an aromatic ring is 1. The van der Waals surface area contributed by atoms with Gasteiger partial charge in [-0.3, -0.25) is 8.89 Å². The van der Waals surface area contributed by atoms with Crippen molar-refractivity contribution in [3.8, 4) is 0 Å². The minimum absolute atomic E-state index is 0.285. The molecule has 0 radical (unpaired) electrons. The highest BCUT2D eigenvalue weighted by atomic mass is 35.5. The van der Waals surface area contributed by atoms with Crippen LogP contribution in [0.25, 0.3) is 0 Å². The molecule has 0 aliphatic rings. The zero-order valence-corrected chi connectivity index (χ0v) is 12.4. The average Bonchev–Trinajstić information content (AvgIpc) is 2.77. The lowest BCUT2D eigenvalue weighted by atomic mass is 10.3. The molecule has 1 unspecified atom stereocenters. The number of aromatic nitrogens is 2. The van der Waals surface area contributed by atoms with Crippen LogP contribution in [-0.4, -0.2) is 14.0 Å². The van der Waals surface area contributed by atoms with Gasteiger partial charge in [0.15, 0.2) is 0 Å². The number of halogens is 1. The van der Waals surface area contributed by atoms with Crippen LogP contribution in [0.3, 0.4) is 0 Å². The van der Waals surface area contributed by atoms with Crippen molar-refractivity contribution < 1.29 is 4.21 Å². The Bertz CT molecular complexity index is 589. The van der Waals surface area contributed by atoms with Crippen LogP contribution in [0.5, 0.6) is 0 Å². The largest absolute Gasteiger partial charge is 0.398 e. The van der Waals surface area contributed by atoms with Crippen molar-refractivity contribution in [2.75, 3.05) is 5.73 Å². The quantitative estimate of drug-likeness (QED) is 0.883. The SMILES string of the molecule is CC(C)n1ccc(CS(=O)c2c(N)cccc2Cl)n1. The maximum Gasteiger partial charge on any atom is 0.0807 e. The van der Waals surface area contributed by atoms with Gasteiger partial charge in [0.25, 0.3) is 0 Å². The highest BCUT2D eigenvalue weighted by Crippen LogP contribution is 2.27. The molecular weight excluding hydrogens is 282 g/mol. The zero-order chi connectivity index (χ0) is 14.0. The molecule has 0 spiro atoms. The van der Waals surface area contributed by atoms with Gasteiger partial charge in [0.2, 0.25) is 0 Å². The van der Waals surface area contributed by atoms with Crippen molar-refractivity contribution >= 4 is 28.1 Å². The lowest BCUT2D eigenvalue weighted by Gasteiger charge is -2.07. The van der Waals surface area contributed by atoms with Gasteiger partial charge in [0.1, 0.15) is 0 Å². The minimum atomic E-state index is -1.29. The summed E-state index contributed by atoms with van der Waals surface area (Å²) in [5.74, 6) is 0.313. The summed E-state index contributed by atoms with van der Waals surface area (Å²) in [6.45, 7) is 4.08. The predicted molar refractivity (Wildman–Crippen MR) is 78.6 cm³/mol. The van der Waals surface area contributed by atoms with Gasteiger partial charge in [-0.05, 0) is 32.0 Å². The number of hydrogen-bond donors (Lipinski definition) is 1. The Hall–Kier alpha value is -1.33. The lowest BCUT2D eigenvalue weighted by molar-refractivity contribution is 0.528. The summed E-state index contributed by atoms with van der Waals surface area (Å²) in [5, 5.41) is 4.81. The van der Waals surface area contributed by atoms with E-state index in [0.717, 1.165) is 5.69 Å². The Morgan fingerprint density at radius 3 is 2.74 bits per heavy atom. The van der Waals surface area contributed by atoms with E-state index in [-0.39, 0.29) is 6.04 Å². The standard InChI is InChI=1S/C13H16ClN3OS/c1-9(2)17-7-6-10(16-17)8-19(18)13-11(14)4-3-5-12(13)15/h3-7,9H,8,15H2,1-2H3. The van der Waals surface area contributed by atoms with Crippen LogP contribution in [-0.2, 0) is 16.6 Å². The Labute approximate surface area is 120 Å². The fourth-order valence-electron chi connectivity index (χ4n) is 1.71. The van der Waals surface area contributed by atoms with E-state index in [0.29, 0.717) is 21.4 Å². The summed E-state index contributed by atoms with van der Waals surface area (Å²) in [7, 11) is -1.29. The third-order valence-electron chi connectivity index (χ3n) is 2.70. The molecule has 1 atom stereocenters. The fraction of sp³-hybridized carbons (Fsp3) is 0.308. The highest BCUT2D eigenvalue weighted by molar-refractivity contribution is 7.84. The van der Waals surface area contributed by atoms with Crippen molar-refractivity contribution in [2.45, 2.75) is 30.5 Å². The Balaban J connectivity index is 2.21. The molecule has 0 amide bonds. The second-order valence-electron chi connectivity index (χ2n) is 4.53.